The lowest BCUT2D eigenvalue weighted by Gasteiger charge is -2.23. The molecule has 154 valence electrons. The molecule has 6 nitrogen and oxygen atoms in total. The lowest BCUT2D eigenvalue weighted by atomic mass is 10.00. The third-order valence-electron chi connectivity index (χ3n) is 4.85. The van der Waals surface area contributed by atoms with Crippen LogP contribution >= 0.6 is 0 Å². The second-order valence-corrected chi connectivity index (χ2v) is 7.05. The first-order valence-electron chi connectivity index (χ1n) is 10.3. The highest BCUT2D eigenvalue weighted by atomic mass is 16.5. The maximum Gasteiger partial charge on any atom is 0.191 e. The van der Waals surface area contributed by atoms with E-state index in [-0.39, 0.29) is 5.92 Å². The fourth-order valence-electron chi connectivity index (χ4n) is 3.44. The van der Waals surface area contributed by atoms with E-state index >= 15 is 0 Å². The molecule has 0 amide bonds. The number of nitrogens with one attached hydrogen (secondary N) is 2. The molecule has 1 aromatic carbocycles. The Morgan fingerprint density at radius 1 is 1.18 bits per heavy atom. The molecule has 0 radical (unpaired) electrons. The molecule has 1 unspecified atom stereocenters. The first-order chi connectivity index (χ1) is 13.6. The van der Waals surface area contributed by atoms with Crippen molar-refractivity contribution in [3.63, 3.8) is 0 Å². The van der Waals surface area contributed by atoms with Crippen LogP contribution in [0.1, 0.15) is 50.1 Å². The summed E-state index contributed by atoms with van der Waals surface area (Å²) >= 11 is 0. The van der Waals surface area contributed by atoms with Gasteiger partial charge in [-0.3, -0.25) is 4.99 Å². The van der Waals surface area contributed by atoms with Crippen LogP contribution in [0.3, 0.4) is 0 Å². The summed E-state index contributed by atoms with van der Waals surface area (Å²) in [5.74, 6) is 2.03. The zero-order chi connectivity index (χ0) is 20.4. The van der Waals surface area contributed by atoms with Crippen molar-refractivity contribution < 1.29 is 4.52 Å². The van der Waals surface area contributed by atoms with Gasteiger partial charge in [-0.05, 0) is 46.2 Å². The maximum atomic E-state index is 5.29. The van der Waals surface area contributed by atoms with Crippen LogP contribution in [0.2, 0.25) is 0 Å². The Balaban J connectivity index is 1.84. The zero-order valence-electron chi connectivity index (χ0n) is 18.0. The second-order valence-electron chi connectivity index (χ2n) is 7.05. The van der Waals surface area contributed by atoms with E-state index in [1.807, 2.05) is 13.8 Å². The highest BCUT2D eigenvalue weighted by Gasteiger charge is 2.16. The third kappa shape index (κ3) is 6.29. The van der Waals surface area contributed by atoms with Crippen LogP contribution in [0, 0.1) is 13.8 Å². The summed E-state index contributed by atoms with van der Waals surface area (Å²) in [4.78, 5) is 7.15. The molecule has 0 fully saturated rings. The van der Waals surface area contributed by atoms with Crippen molar-refractivity contribution in [3.8, 4) is 0 Å². The summed E-state index contributed by atoms with van der Waals surface area (Å²) in [7, 11) is 0. The molecule has 1 heterocycles. The van der Waals surface area contributed by atoms with Crippen molar-refractivity contribution in [2.24, 2.45) is 4.99 Å². The highest BCUT2D eigenvalue weighted by Crippen LogP contribution is 2.23. The van der Waals surface area contributed by atoms with Crippen molar-refractivity contribution in [2.75, 3.05) is 37.6 Å². The third-order valence-corrected chi connectivity index (χ3v) is 4.85. The molecule has 0 saturated carbocycles. The first kappa shape index (κ1) is 21.8. The molecule has 0 aliphatic carbocycles. The van der Waals surface area contributed by atoms with E-state index in [1.165, 1.54) is 11.3 Å². The topological polar surface area (TPSA) is 65.7 Å². The van der Waals surface area contributed by atoms with Gasteiger partial charge in [-0.15, -0.1) is 0 Å². The molecule has 0 aliphatic rings. The molecule has 0 saturated heterocycles. The van der Waals surface area contributed by atoms with E-state index in [4.69, 9.17) is 9.52 Å². The van der Waals surface area contributed by atoms with E-state index < -0.39 is 0 Å². The molecular weight excluding hydrogens is 350 g/mol. The summed E-state index contributed by atoms with van der Waals surface area (Å²) < 4.78 is 5.29. The van der Waals surface area contributed by atoms with Crippen LogP contribution < -0.4 is 15.5 Å². The van der Waals surface area contributed by atoms with Crippen molar-refractivity contribution >= 4 is 11.6 Å². The van der Waals surface area contributed by atoms with Gasteiger partial charge in [-0.25, -0.2) is 0 Å². The van der Waals surface area contributed by atoms with Gasteiger partial charge >= 0.3 is 0 Å². The molecule has 6 heteroatoms. The number of aryl methyl sites for hydroxylation is 2. The van der Waals surface area contributed by atoms with Crippen LogP contribution in [0.4, 0.5) is 5.69 Å². The number of hydrogen-bond acceptors (Lipinski definition) is 4. The SMILES string of the molecule is CCNC(=NCC(C)c1c(C)noc1C)NCCCN(CC)c1ccccc1. The fraction of sp³-hybridized carbons (Fsp3) is 0.545. The van der Waals surface area contributed by atoms with Gasteiger partial charge in [0.1, 0.15) is 5.76 Å². The number of benzene rings is 1. The van der Waals surface area contributed by atoms with Gasteiger partial charge in [0.15, 0.2) is 5.96 Å². The van der Waals surface area contributed by atoms with Gasteiger partial charge in [-0.2, -0.15) is 0 Å². The zero-order valence-corrected chi connectivity index (χ0v) is 18.0. The van der Waals surface area contributed by atoms with Crippen LogP contribution in [-0.2, 0) is 0 Å². The van der Waals surface area contributed by atoms with Crippen molar-refractivity contribution in [3.05, 3.63) is 47.3 Å². The molecule has 2 aromatic rings. The molecule has 1 atom stereocenters. The number of hydrogen-bond donors (Lipinski definition) is 2. The van der Waals surface area contributed by atoms with Gasteiger partial charge in [0.05, 0.1) is 5.69 Å². The van der Waals surface area contributed by atoms with E-state index in [2.05, 4.69) is 71.8 Å². The largest absolute Gasteiger partial charge is 0.372 e. The monoisotopic (exact) mass is 385 g/mol. The van der Waals surface area contributed by atoms with Gasteiger partial charge in [0, 0.05) is 49.9 Å². The Labute approximate surface area is 169 Å². The molecule has 2 rings (SSSR count). The predicted molar refractivity (Wildman–Crippen MR) is 117 cm³/mol. The minimum absolute atomic E-state index is 0.273. The van der Waals surface area contributed by atoms with E-state index in [0.717, 1.165) is 50.0 Å². The average Bonchev–Trinajstić information content (AvgIpc) is 3.04. The lowest BCUT2D eigenvalue weighted by molar-refractivity contribution is 0.391. The summed E-state index contributed by atoms with van der Waals surface area (Å²) in [6.07, 6.45) is 1.05. The first-order valence-corrected chi connectivity index (χ1v) is 10.3. The van der Waals surface area contributed by atoms with Crippen molar-refractivity contribution in [1.82, 2.24) is 15.8 Å². The summed E-state index contributed by atoms with van der Waals surface area (Å²) in [6.45, 7) is 14.8. The minimum atomic E-state index is 0.273. The molecule has 28 heavy (non-hydrogen) atoms. The molecule has 2 N–H and O–H groups in total. The number of para-hydroxylation sites is 1. The Morgan fingerprint density at radius 3 is 2.54 bits per heavy atom. The molecule has 0 bridgehead atoms. The summed E-state index contributed by atoms with van der Waals surface area (Å²) in [5.41, 5.74) is 3.40. The fourth-order valence-corrected chi connectivity index (χ4v) is 3.44. The summed E-state index contributed by atoms with van der Waals surface area (Å²) in [6, 6.07) is 10.6. The van der Waals surface area contributed by atoms with Gasteiger partial charge in [-0.1, -0.05) is 30.3 Å². The Hall–Kier alpha value is -2.50. The van der Waals surface area contributed by atoms with E-state index in [0.29, 0.717) is 6.54 Å². The minimum Gasteiger partial charge on any atom is -0.372 e. The smallest absolute Gasteiger partial charge is 0.191 e. The number of nitrogens with zero attached hydrogens (tertiary/aromatic N) is 3. The van der Waals surface area contributed by atoms with Crippen molar-refractivity contribution in [2.45, 2.75) is 47.0 Å². The second kappa shape index (κ2) is 11.4. The standard InChI is InChI=1S/C22H35N5O/c1-6-23-22(25-16-17(3)21-18(4)26-28-19(21)5)24-14-11-15-27(7-2)20-12-9-8-10-13-20/h8-10,12-13,17H,6-7,11,14-16H2,1-5H3,(H2,23,24,25). The molecule has 0 spiro atoms. The van der Waals surface area contributed by atoms with Crippen LogP contribution in [0.25, 0.3) is 0 Å². The Kier molecular flexibility index (Phi) is 8.85. The average molecular weight is 386 g/mol. The number of guanidine groups is 1. The molecule has 0 aliphatic heterocycles. The van der Waals surface area contributed by atoms with Crippen molar-refractivity contribution in [1.29, 1.82) is 0 Å². The van der Waals surface area contributed by atoms with Crippen LogP contribution in [0.5, 0.6) is 0 Å². The predicted octanol–water partition coefficient (Wildman–Crippen LogP) is 3.87. The number of rotatable bonds is 10. The number of aromatic nitrogens is 1. The quantitative estimate of drug-likeness (QED) is 0.369. The number of aliphatic imine (C=N–C) groups is 1. The Bertz CT molecular complexity index is 706. The van der Waals surface area contributed by atoms with Crippen LogP contribution in [0.15, 0.2) is 39.8 Å². The van der Waals surface area contributed by atoms with Gasteiger partial charge < -0.3 is 20.1 Å². The molecule has 1 aromatic heterocycles. The van der Waals surface area contributed by atoms with Gasteiger partial charge in [0.25, 0.3) is 0 Å². The van der Waals surface area contributed by atoms with E-state index in [9.17, 15) is 0 Å². The number of anilines is 1. The van der Waals surface area contributed by atoms with Gasteiger partial charge in [0.2, 0.25) is 0 Å². The lowest BCUT2D eigenvalue weighted by Crippen LogP contribution is -2.39. The summed E-state index contributed by atoms with van der Waals surface area (Å²) in [5, 5.41) is 10.8. The molecular formula is C22H35N5O. The van der Waals surface area contributed by atoms with Crippen LogP contribution in [-0.4, -0.2) is 43.8 Å². The Morgan fingerprint density at radius 2 is 1.93 bits per heavy atom. The maximum absolute atomic E-state index is 5.29. The van der Waals surface area contributed by atoms with E-state index in [1.54, 1.807) is 0 Å². The normalized spacial score (nSPS) is 12.7. The highest BCUT2D eigenvalue weighted by molar-refractivity contribution is 5.79.